The molecule has 0 radical (unpaired) electrons. The van der Waals surface area contributed by atoms with Crippen LogP contribution in [0.5, 0.6) is 11.5 Å². The molecule has 0 fully saturated rings. The van der Waals surface area contributed by atoms with E-state index < -0.39 is 5.97 Å². The molecule has 198 valence electrons. The quantitative estimate of drug-likeness (QED) is 0.182. The molecule has 39 heavy (non-hydrogen) atoms. The zero-order valence-electron chi connectivity index (χ0n) is 21.4. The third-order valence-electron chi connectivity index (χ3n) is 5.71. The molecular formula is C29H24ClN3O6. The van der Waals surface area contributed by atoms with Crippen LogP contribution >= 0.6 is 11.6 Å². The lowest BCUT2D eigenvalue weighted by atomic mass is 10.2. The first-order chi connectivity index (χ1) is 18.8. The van der Waals surface area contributed by atoms with E-state index in [-0.39, 0.29) is 29.1 Å². The van der Waals surface area contributed by atoms with Gasteiger partial charge in [0.15, 0.2) is 12.4 Å². The highest BCUT2D eigenvalue weighted by Crippen LogP contribution is 2.33. The molecule has 0 aliphatic rings. The van der Waals surface area contributed by atoms with Gasteiger partial charge in [-0.25, -0.2) is 9.78 Å². The van der Waals surface area contributed by atoms with Crippen molar-refractivity contribution < 1.29 is 23.4 Å². The highest BCUT2D eigenvalue weighted by atomic mass is 35.5. The van der Waals surface area contributed by atoms with Crippen molar-refractivity contribution in [2.45, 2.75) is 20.0 Å². The van der Waals surface area contributed by atoms with Crippen LogP contribution in [0, 0.1) is 0 Å². The maximum absolute atomic E-state index is 13.5. The molecule has 0 saturated heterocycles. The number of hydrogen-bond donors (Lipinski definition) is 0. The summed E-state index contributed by atoms with van der Waals surface area (Å²) in [5.41, 5.74) is 1.32. The Morgan fingerprint density at radius 1 is 1.08 bits per heavy atom. The fraction of sp³-hybridized carbons (Fsp3) is 0.172. The minimum atomic E-state index is -0.495. The molecule has 2 aromatic heterocycles. The second kappa shape index (κ2) is 11.0. The average molecular weight is 546 g/mol. The molecule has 10 heteroatoms. The summed E-state index contributed by atoms with van der Waals surface area (Å²) >= 11 is 6.36. The highest BCUT2D eigenvalue weighted by Gasteiger charge is 2.18. The van der Waals surface area contributed by atoms with Gasteiger partial charge in [-0.15, -0.1) is 0 Å². The number of hydrogen-bond acceptors (Lipinski definition) is 8. The number of ether oxygens (including phenoxy) is 3. The van der Waals surface area contributed by atoms with E-state index in [2.05, 4.69) is 10.1 Å². The van der Waals surface area contributed by atoms with E-state index in [1.54, 1.807) is 63.4 Å². The minimum Gasteiger partial charge on any atom is -0.496 e. The average Bonchev–Trinajstić information content (AvgIpc) is 3.36. The van der Waals surface area contributed by atoms with Crippen LogP contribution in [0.15, 0.2) is 81.0 Å². The van der Waals surface area contributed by atoms with Crippen molar-refractivity contribution in [2.75, 3.05) is 13.7 Å². The Morgan fingerprint density at radius 2 is 1.90 bits per heavy atom. The summed E-state index contributed by atoms with van der Waals surface area (Å²) in [4.78, 5) is 29.9. The molecule has 0 amide bonds. The molecule has 0 saturated carbocycles. The molecule has 9 nitrogen and oxygen atoms in total. The van der Waals surface area contributed by atoms with Crippen LogP contribution in [0.3, 0.4) is 0 Å². The number of carbonyl (C=O) groups is 1. The van der Waals surface area contributed by atoms with Gasteiger partial charge < -0.3 is 18.6 Å². The van der Waals surface area contributed by atoms with Crippen molar-refractivity contribution in [3.63, 3.8) is 0 Å². The minimum absolute atomic E-state index is 0.225. The van der Waals surface area contributed by atoms with Gasteiger partial charge in [0, 0.05) is 0 Å². The predicted molar refractivity (Wildman–Crippen MR) is 149 cm³/mol. The summed E-state index contributed by atoms with van der Waals surface area (Å²) < 4.78 is 23.2. The second-order valence-corrected chi connectivity index (χ2v) is 9.22. The number of esters is 1. The van der Waals surface area contributed by atoms with Gasteiger partial charge in [-0.3, -0.25) is 4.79 Å². The smallest absolute Gasteiger partial charge is 0.344 e. The van der Waals surface area contributed by atoms with Crippen molar-refractivity contribution in [3.8, 4) is 23.1 Å². The van der Waals surface area contributed by atoms with Crippen LogP contribution in [0.2, 0.25) is 5.02 Å². The number of carbonyl (C=O) groups excluding carboxylic acids is 1. The van der Waals surface area contributed by atoms with E-state index in [0.717, 1.165) is 5.39 Å². The van der Waals surface area contributed by atoms with Crippen molar-refractivity contribution in [3.05, 3.63) is 87.7 Å². The van der Waals surface area contributed by atoms with Gasteiger partial charge in [0.2, 0.25) is 5.82 Å². The van der Waals surface area contributed by atoms with Crippen molar-refractivity contribution in [1.29, 1.82) is 0 Å². The van der Waals surface area contributed by atoms with E-state index in [0.29, 0.717) is 39.3 Å². The molecule has 5 aromatic rings. The van der Waals surface area contributed by atoms with E-state index in [4.69, 9.17) is 30.2 Å². The summed E-state index contributed by atoms with van der Waals surface area (Å²) in [6.07, 6.45) is 1.24. The number of halogens is 1. The number of para-hydroxylation sites is 1. The Labute approximate surface area is 228 Å². The maximum atomic E-state index is 13.5. The predicted octanol–water partition coefficient (Wildman–Crippen LogP) is 5.68. The number of fused-ring (bicyclic) bond motifs is 2. The SMILES string of the molecule is COc1cccc2oc(-c3nc4ccccc4c(=O)n3N=Cc3ccc(OCC(=O)OC(C)C)c(Cl)c3)cc12. The number of benzene rings is 3. The number of rotatable bonds is 8. The van der Waals surface area contributed by atoms with E-state index in [1.165, 1.54) is 10.9 Å². The third-order valence-corrected chi connectivity index (χ3v) is 6.00. The lowest BCUT2D eigenvalue weighted by Gasteiger charge is -2.10. The molecule has 0 N–H and O–H groups in total. The Morgan fingerprint density at radius 3 is 2.67 bits per heavy atom. The van der Waals surface area contributed by atoms with Crippen LogP contribution in [0.1, 0.15) is 19.4 Å². The van der Waals surface area contributed by atoms with E-state index in [1.807, 2.05) is 24.3 Å². The van der Waals surface area contributed by atoms with Crippen molar-refractivity contribution >= 4 is 45.7 Å². The highest BCUT2D eigenvalue weighted by molar-refractivity contribution is 6.32. The van der Waals surface area contributed by atoms with Crippen LogP contribution in [-0.2, 0) is 9.53 Å². The van der Waals surface area contributed by atoms with Crippen LogP contribution in [0.25, 0.3) is 33.5 Å². The maximum Gasteiger partial charge on any atom is 0.344 e. The van der Waals surface area contributed by atoms with Gasteiger partial charge in [0.05, 0.1) is 40.7 Å². The second-order valence-electron chi connectivity index (χ2n) is 8.81. The van der Waals surface area contributed by atoms with Crippen molar-refractivity contribution in [2.24, 2.45) is 5.10 Å². The molecule has 2 heterocycles. The lowest BCUT2D eigenvalue weighted by molar-refractivity contribution is -0.149. The monoisotopic (exact) mass is 545 g/mol. The fourth-order valence-electron chi connectivity index (χ4n) is 3.99. The van der Waals surface area contributed by atoms with Crippen molar-refractivity contribution in [1.82, 2.24) is 9.66 Å². The largest absolute Gasteiger partial charge is 0.496 e. The zero-order valence-corrected chi connectivity index (χ0v) is 22.1. The molecule has 0 spiro atoms. The number of nitrogens with zero attached hydrogens (tertiary/aromatic N) is 3. The topological polar surface area (TPSA) is 105 Å². The summed E-state index contributed by atoms with van der Waals surface area (Å²) in [6.45, 7) is 3.24. The van der Waals surface area contributed by atoms with Gasteiger partial charge in [-0.05, 0) is 67.9 Å². The van der Waals surface area contributed by atoms with Gasteiger partial charge in [-0.2, -0.15) is 9.78 Å². The van der Waals surface area contributed by atoms with E-state index >= 15 is 0 Å². The first-order valence-electron chi connectivity index (χ1n) is 12.1. The molecular weight excluding hydrogens is 522 g/mol. The standard InChI is InChI=1S/C29H24ClN3O6/c1-17(2)38-27(34)16-37-25-12-11-18(13-21(25)30)15-31-33-28(32-22-8-5-4-7-19(22)29(33)35)26-14-20-23(36-3)9-6-10-24(20)39-26/h4-15,17H,16H2,1-3H3. The summed E-state index contributed by atoms with van der Waals surface area (Å²) in [5.74, 6) is 1.03. The molecule has 0 atom stereocenters. The molecule has 0 aliphatic heterocycles. The molecule has 0 bridgehead atoms. The fourth-order valence-corrected chi connectivity index (χ4v) is 4.23. The number of aromatic nitrogens is 2. The summed E-state index contributed by atoms with van der Waals surface area (Å²) in [5, 5.41) is 5.86. The summed E-state index contributed by atoms with van der Waals surface area (Å²) in [7, 11) is 1.58. The van der Waals surface area contributed by atoms with Crippen LogP contribution in [-0.4, -0.2) is 41.7 Å². The first kappa shape index (κ1) is 26.0. The van der Waals surface area contributed by atoms with Crippen LogP contribution in [0.4, 0.5) is 0 Å². The van der Waals surface area contributed by atoms with Gasteiger partial charge >= 0.3 is 5.97 Å². The Kier molecular flexibility index (Phi) is 7.33. The normalized spacial score (nSPS) is 11.5. The van der Waals surface area contributed by atoms with Gasteiger partial charge in [-0.1, -0.05) is 29.8 Å². The molecule has 5 rings (SSSR count). The Bertz CT molecular complexity index is 1770. The first-order valence-corrected chi connectivity index (χ1v) is 12.5. The zero-order chi connectivity index (χ0) is 27.5. The van der Waals surface area contributed by atoms with Gasteiger partial charge in [0.1, 0.15) is 17.1 Å². The number of furan rings is 1. The molecule has 0 unspecified atom stereocenters. The van der Waals surface area contributed by atoms with Gasteiger partial charge in [0.25, 0.3) is 5.56 Å². The Hall–Kier alpha value is -4.63. The summed E-state index contributed by atoms with van der Waals surface area (Å²) in [6, 6.07) is 19.2. The Balaban J connectivity index is 1.52. The lowest BCUT2D eigenvalue weighted by Crippen LogP contribution is -2.20. The molecule has 0 aliphatic carbocycles. The third kappa shape index (κ3) is 5.49. The van der Waals surface area contributed by atoms with E-state index in [9.17, 15) is 9.59 Å². The number of methoxy groups -OCH3 is 1. The van der Waals surface area contributed by atoms with Crippen LogP contribution < -0.4 is 15.0 Å². The molecule has 3 aromatic carbocycles.